The number of carbonyl (C=O) groups is 1. The number of alkyl halides is 3. The van der Waals surface area contributed by atoms with Gasteiger partial charge in [-0.2, -0.15) is 13.2 Å². The monoisotopic (exact) mass is 372 g/mol. The van der Waals surface area contributed by atoms with Crippen molar-refractivity contribution in [2.24, 2.45) is 0 Å². The van der Waals surface area contributed by atoms with E-state index in [2.05, 4.69) is 10.0 Å². The van der Waals surface area contributed by atoms with Crippen LogP contribution < -0.4 is 10.0 Å². The molecule has 0 spiro atoms. The summed E-state index contributed by atoms with van der Waals surface area (Å²) >= 11 is 0. The zero-order chi connectivity index (χ0) is 18.8. The summed E-state index contributed by atoms with van der Waals surface area (Å²) in [4.78, 5) is 11.3. The number of carbonyl (C=O) groups excluding carboxylic acids is 1. The first-order valence-electron chi connectivity index (χ1n) is 7.07. The van der Waals surface area contributed by atoms with Crippen molar-refractivity contribution in [3.8, 4) is 0 Å². The molecule has 0 unspecified atom stereocenters. The largest absolute Gasteiger partial charge is 0.416 e. The van der Waals surface area contributed by atoms with Crippen LogP contribution >= 0.6 is 0 Å². The van der Waals surface area contributed by atoms with Crippen molar-refractivity contribution >= 4 is 21.6 Å². The molecule has 0 heterocycles. The standard InChI is InChI=1S/C16H15F3N2O3S/c1-10-3-6-12(9-14(10)16(17,18)19)21-25(23,24)13-7-4-11(5-8-13)15(22)20-2/h3-9,21H,1-2H3,(H,20,22). The van der Waals surface area contributed by atoms with Gasteiger partial charge in [0.05, 0.1) is 10.5 Å². The van der Waals surface area contributed by atoms with Gasteiger partial charge in [-0.3, -0.25) is 9.52 Å². The summed E-state index contributed by atoms with van der Waals surface area (Å²) in [7, 11) is -2.65. The Kier molecular flexibility index (Phi) is 5.07. The van der Waals surface area contributed by atoms with E-state index in [1.54, 1.807) is 0 Å². The van der Waals surface area contributed by atoms with E-state index in [1.165, 1.54) is 50.4 Å². The Balaban J connectivity index is 2.31. The molecule has 1 amide bonds. The topological polar surface area (TPSA) is 75.3 Å². The van der Waals surface area contributed by atoms with Crippen molar-refractivity contribution < 1.29 is 26.4 Å². The minimum Gasteiger partial charge on any atom is -0.355 e. The molecule has 2 aromatic rings. The molecule has 0 aliphatic carbocycles. The zero-order valence-electron chi connectivity index (χ0n) is 13.3. The molecule has 25 heavy (non-hydrogen) atoms. The maximum Gasteiger partial charge on any atom is 0.416 e. The first-order chi connectivity index (χ1) is 11.5. The third-order valence-electron chi connectivity index (χ3n) is 3.45. The van der Waals surface area contributed by atoms with Gasteiger partial charge < -0.3 is 5.32 Å². The third-order valence-corrected chi connectivity index (χ3v) is 4.85. The van der Waals surface area contributed by atoms with E-state index in [0.29, 0.717) is 0 Å². The average Bonchev–Trinajstić information content (AvgIpc) is 2.54. The molecule has 5 nitrogen and oxygen atoms in total. The maximum absolute atomic E-state index is 12.9. The Morgan fingerprint density at radius 1 is 1.04 bits per heavy atom. The highest BCUT2D eigenvalue weighted by Crippen LogP contribution is 2.33. The lowest BCUT2D eigenvalue weighted by Gasteiger charge is -2.13. The summed E-state index contributed by atoms with van der Waals surface area (Å²) in [5, 5.41) is 2.39. The minimum absolute atomic E-state index is 0.00891. The second-order valence-corrected chi connectivity index (χ2v) is 6.92. The number of benzene rings is 2. The van der Waals surface area contributed by atoms with Crippen LogP contribution in [0.1, 0.15) is 21.5 Å². The number of halogens is 3. The molecule has 9 heteroatoms. The van der Waals surface area contributed by atoms with Crippen LogP contribution in [0.4, 0.5) is 18.9 Å². The summed E-state index contributed by atoms with van der Waals surface area (Å²) < 4.78 is 65.5. The molecule has 0 aliphatic rings. The highest BCUT2D eigenvalue weighted by Gasteiger charge is 2.32. The van der Waals surface area contributed by atoms with Crippen LogP contribution in [0.2, 0.25) is 0 Å². The summed E-state index contributed by atoms with van der Waals surface area (Å²) in [6, 6.07) is 8.20. The molecule has 0 radical (unpaired) electrons. The van der Waals surface area contributed by atoms with Crippen LogP contribution in [0.15, 0.2) is 47.4 Å². The van der Waals surface area contributed by atoms with E-state index in [4.69, 9.17) is 0 Å². The summed E-state index contributed by atoms with van der Waals surface area (Å²) in [6.45, 7) is 1.29. The molecule has 0 aromatic heterocycles. The lowest BCUT2D eigenvalue weighted by molar-refractivity contribution is -0.138. The van der Waals surface area contributed by atoms with Gasteiger partial charge in [0.15, 0.2) is 0 Å². The van der Waals surface area contributed by atoms with E-state index < -0.39 is 21.8 Å². The molecule has 2 N–H and O–H groups in total. The number of hydrogen-bond donors (Lipinski definition) is 2. The highest BCUT2D eigenvalue weighted by atomic mass is 32.2. The SMILES string of the molecule is CNC(=O)c1ccc(S(=O)(=O)Nc2ccc(C)c(C(F)(F)F)c2)cc1. The molecule has 0 atom stereocenters. The quantitative estimate of drug-likeness (QED) is 0.866. The van der Waals surface area contributed by atoms with Gasteiger partial charge in [0.1, 0.15) is 0 Å². The molecule has 2 rings (SSSR count). The Bertz CT molecular complexity index is 892. The van der Waals surface area contributed by atoms with Gasteiger partial charge in [0, 0.05) is 18.3 Å². The van der Waals surface area contributed by atoms with Crippen LogP contribution in [0, 0.1) is 6.92 Å². The van der Waals surface area contributed by atoms with Gasteiger partial charge in [0.2, 0.25) is 0 Å². The predicted molar refractivity (Wildman–Crippen MR) is 86.8 cm³/mol. The summed E-state index contributed by atoms with van der Waals surface area (Å²) in [5.41, 5.74) is -0.863. The number of aryl methyl sites for hydroxylation is 1. The molecule has 134 valence electrons. The van der Waals surface area contributed by atoms with Gasteiger partial charge >= 0.3 is 6.18 Å². The van der Waals surface area contributed by atoms with Crippen LogP contribution in [-0.2, 0) is 16.2 Å². The fourth-order valence-electron chi connectivity index (χ4n) is 2.13. The molecule has 0 saturated heterocycles. The fraction of sp³-hybridized carbons (Fsp3) is 0.188. The summed E-state index contributed by atoms with van der Waals surface area (Å²) in [6.07, 6.45) is -4.58. The van der Waals surface area contributed by atoms with Crippen LogP contribution in [0.25, 0.3) is 0 Å². The smallest absolute Gasteiger partial charge is 0.355 e. The number of anilines is 1. The van der Waals surface area contributed by atoms with E-state index in [1.807, 2.05) is 0 Å². The Morgan fingerprint density at radius 3 is 2.16 bits per heavy atom. The van der Waals surface area contributed by atoms with Crippen molar-refractivity contribution in [1.82, 2.24) is 5.32 Å². The number of amides is 1. The first-order valence-corrected chi connectivity index (χ1v) is 8.56. The Hall–Kier alpha value is -2.55. The van der Waals surface area contributed by atoms with Gasteiger partial charge in [-0.05, 0) is 48.9 Å². The van der Waals surface area contributed by atoms with Crippen LogP contribution in [0.3, 0.4) is 0 Å². The minimum atomic E-state index is -4.58. The normalized spacial score (nSPS) is 11.9. The number of sulfonamides is 1. The number of nitrogens with one attached hydrogen (secondary N) is 2. The summed E-state index contributed by atoms with van der Waals surface area (Å²) in [5.74, 6) is -0.384. The third kappa shape index (κ3) is 4.30. The second-order valence-electron chi connectivity index (χ2n) is 5.24. The number of rotatable bonds is 4. The van der Waals surface area contributed by atoms with E-state index >= 15 is 0 Å². The molecule has 0 aliphatic heterocycles. The van der Waals surface area contributed by atoms with E-state index in [0.717, 1.165) is 6.07 Å². The van der Waals surface area contributed by atoms with Crippen LogP contribution in [0.5, 0.6) is 0 Å². The molecular formula is C16H15F3N2O3S. The van der Waals surface area contributed by atoms with E-state index in [9.17, 15) is 26.4 Å². The second kappa shape index (κ2) is 6.75. The molecule has 2 aromatic carbocycles. The average molecular weight is 372 g/mol. The van der Waals surface area contributed by atoms with Crippen molar-refractivity contribution in [1.29, 1.82) is 0 Å². The van der Waals surface area contributed by atoms with Crippen molar-refractivity contribution in [2.75, 3.05) is 11.8 Å². The van der Waals surface area contributed by atoms with Crippen molar-refractivity contribution in [3.05, 3.63) is 59.2 Å². The van der Waals surface area contributed by atoms with Gasteiger partial charge in [-0.1, -0.05) is 6.07 Å². The van der Waals surface area contributed by atoms with Gasteiger partial charge in [0.25, 0.3) is 15.9 Å². The number of hydrogen-bond acceptors (Lipinski definition) is 3. The Labute approximate surface area is 142 Å². The maximum atomic E-state index is 12.9. The van der Waals surface area contributed by atoms with Crippen LogP contribution in [-0.4, -0.2) is 21.4 Å². The zero-order valence-corrected chi connectivity index (χ0v) is 14.1. The lowest BCUT2D eigenvalue weighted by Crippen LogP contribution is -2.18. The molecular weight excluding hydrogens is 357 g/mol. The van der Waals surface area contributed by atoms with Gasteiger partial charge in [-0.15, -0.1) is 0 Å². The molecule has 0 saturated carbocycles. The Morgan fingerprint density at radius 2 is 1.64 bits per heavy atom. The highest BCUT2D eigenvalue weighted by molar-refractivity contribution is 7.92. The fourth-order valence-corrected chi connectivity index (χ4v) is 3.18. The predicted octanol–water partition coefficient (Wildman–Crippen LogP) is 3.17. The van der Waals surface area contributed by atoms with E-state index in [-0.39, 0.29) is 27.6 Å². The lowest BCUT2D eigenvalue weighted by atomic mass is 10.1. The van der Waals surface area contributed by atoms with Gasteiger partial charge in [-0.25, -0.2) is 8.42 Å². The molecule has 0 fully saturated rings. The van der Waals surface area contributed by atoms with Crippen molar-refractivity contribution in [2.45, 2.75) is 18.0 Å². The first kappa shape index (κ1) is 18.8. The van der Waals surface area contributed by atoms with Crippen molar-refractivity contribution in [3.63, 3.8) is 0 Å². The molecule has 0 bridgehead atoms.